The summed E-state index contributed by atoms with van der Waals surface area (Å²) >= 11 is 0. The molecule has 1 aromatic carbocycles. The predicted octanol–water partition coefficient (Wildman–Crippen LogP) is 6.93. The molecule has 0 radical (unpaired) electrons. The third-order valence-corrected chi connectivity index (χ3v) is 5.32. The summed E-state index contributed by atoms with van der Waals surface area (Å²) in [4.78, 5) is 8.96. The van der Waals surface area contributed by atoms with Crippen molar-refractivity contribution < 1.29 is 9.47 Å². The molecule has 2 unspecified atom stereocenters. The highest BCUT2D eigenvalue weighted by Crippen LogP contribution is 2.17. The Hall–Kier alpha value is -2.30. The molecule has 1 saturated heterocycles. The van der Waals surface area contributed by atoms with Crippen LogP contribution in [0.2, 0.25) is 0 Å². The average Bonchev–Trinajstić information content (AvgIpc) is 2.82. The molecule has 0 aromatic heterocycles. The Balaban J connectivity index is 1.71. The molecule has 2 rings (SSSR count). The Labute approximate surface area is 194 Å². The Kier molecular flexibility index (Phi) is 13.3. The molecule has 0 N–H and O–H groups in total. The Bertz CT molecular complexity index is 772. The molecule has 2 atom stereocenters. The van der Waals surface area contributed by atoms with Gasteiger partial charge < -0.3 is 9.47 Å². The van der Waals surface area contributed by atoms with Crippen molar-refractivity contribution in [3.8, 4) is 0 Å². The zero-order valence-electron chi connectivity index (χ0n) is 20.1. The largest absolute Gasteiger partial charge is 0.353 e. The number of benzene rings is 1. The molecular weight excluding hydrogens is 396 g/mol. The van der Waals surface area contributed by atoms with Gasteiger partial charge in [0, 0.05) is 25.6 Å². The number of unbranched alkanes of at least 4 members (excludes halogenated alkanes) is 1. The number of hydrogen-bond acceptors (Lipinski definition) is 4. The number of allylic oxidation sites excluding steroid dienone is 6. The Morgan fingerprint density at radius 1 is 1.22 bits per heavy atom. The Morgan fingerprint density at radius 3 is 2.78 bits per heavy atom. The first-order valence-electron chi connectivity index (χ1n) is 12.0. The molecule has 174 valence electrons. The van der Waals surface area contributed by atoms with E-state index in [0.29, 0.717) is 5.92 Å². The molecule has 0 bridgehead atoms. The van der Waals surface area contributed by atoms with Gasteiger partial charge in [0.1, 0.15) is 0 Å². The second-order valence-corrected chi connectivity index (χ2v) is 8.11. The first-order valence-corrected chi connectivity index (χ1v) is 12.0. The van der Waals surface area contributed by atoms with Crippen LogP contribution in [0, 0.1) is 5.92 Å². The number of aliphatic imine (C=N–C) groups is 2. The maximum absolute atomic E-state index is 5.82. The highest BCUT2D eigenvalue weighted by molar-refractivity contribution is 6.08. The molecule has 1 aromatic rings. The van der Waals surface area contributed by atoms with Crippen LogP contribution in [0.25, 0.3) is 0 Å². The lowest BCUT2D eigenvalue weighted by Crippen LogP contribution is -2.22. The lowest BCUT2D eigenvalue weighted by molar-refractivity contribution is -0.162. The lowest BCUT2D eigenvalue weighted by Gasteiger charge is -2.22. The summed E-state index contributed by atoms with van der Waals surface area (Å²) in [5.74, 6) is 0.443. The van der Waals surface area contributed by atoms with Crippen molar-refractivity contribution in [2.45, 2.75) is 65.1 Å². The third kappa shape index (κ3) is 10.8. The SMILES string of the molecule is C/C=N\C(=C/CCCOC1CCCCO1)CC(C)/C=C/C/C=C\C(=N/C)c1ccccc1. The van der Waals surface area contributed by atoms with Crippen molar-refractivity contribution in [2.24, 2.45) is 15.9 Å². The molecule has 1 aliphatic heterocycles. The minimum absolute atomic E-state index is 0.00689. The fraction of sp³-hybridized carbons (Fsp3) is 0.500. The van der Waals surface area contributed by atoms with Gasteiger partial charge in [-0.3, -0.25) is 9.98 Å². The standard InChI is InChI=1S/C28H40N2O2/c1-4-30-26(18-11-13-21-31-28-20-12-14-22-32-28)23-24(2)15-7-5-10-19-27(29-3)25-16-8-6-9-17-25/h4,6-10,15-19,24,28H,5,11-14,20-23H2,1-3H3/b15-7+,19-10-,26-18-,29-27+,30-4-. The van der Waals surface area contributed by atoms with Crippen molar-refractivity contribution >= 4 is 11.9 Å². The van der Waals surface area contributed by atoms with Gasteiger partial charge in [0.25, 0.3) is 0 Å². The van der Waals surface area contributed by atoms with Crippen LogP contribution in [0.15, 0.2) is 76.4 Å². The van der Waals surface area contributed by atoms with E-state index in [4.69, 9.17) is 9.47 Å². The maximum atomic E-state index is 5.82. The van der Waals surface area contributed by atoms with E-state index in [9.17, 15) is 0 Å². The molecule has 0 spiro atoms. The van der Waals surface area contributed by atoms with Crippen molar-refractivity contribution in [3.05, 3.63) is 72.0 Å². The molecular formula is C28H40N2O2. The number of rotatable bonds is 13. The van der Waals surface area contributed by atoms with E-state index in [1.165, 1.54) is 6.42 Å². The highest BCUT2D eigenvalue weighted by Gasteiger charge is 2.13. The van der Waals surface area contributed by atoms with Crippen molar-refractivity contribution in [3.63, 3.8) is 0 Å². The number of nitrogens with zero attached hydrogens (tertiary/aromatic N) is 2. The summed E-state index contributed by atoms with van der Waals surface area (Å²) in [7, 11) is 1.84. The zero-order valence-corrected chi connectivity index (χ0v) is 20.1. The van der Waals surface area contributed by atoms with E-state index in [1.54, 1.807) is 0 Å². The van der Waals surface area contributed by atoms with Gasteiger partial charge >= 0.3 is 0 Å². The minimum Gasteiger partial charge on any atom is -0.353 e. The zero-order chi connectivity index (χ0) is 22.9. The monoisotopic (exact) mass is 436 g/mol. The molecule has 0 saturated carbocycles. The minimum atomic E-state index is 0.00689. The van der Waals surface area contributed by atoms with Crippen LogP contribution in [-0.2, 0) is 9.47 Å². The van der Waals surface area contributed by atoms with Crippen molar-refractivity contribution in [1.82, 2.24) is 0 Å². The van der Waals surface area contributed by atoms with Gasteiger partial charge in [-0.2, -0.15) is 0 Å². The second kappa shape index (κ2) is 16.3. The molecule has 1 aliphatic rings. The molecule has 1 fully saturated rings. The summed E-state index contributed by atoms with van der Waals surface area (Å²) < 4.78 is 11.4. The van der Waals surface area contributed by atoms with Gasteiger partial charge in [0.05, 0.1) is 12.3 Å². The molecule has 4 heteroatoms. The van der Waals surface area contributed by atoms with E-state index in [2.05, 4.69) is 59.4 Å². The van der Waals surface area contributed by atoms with Gasteiger partial charge in [-0.25, -0.2) is 0 Å². The van der Waals surface area contributed by atoms with E-state index in [1.807, 2.05) is 38.4 Å². The first kappa shape index (κ1) is 26.0. The van der Waals surface area contributed by atoms with Crippen LogP contribution in [0.1, 0.15) is 64.4 Å². The van der Waals surface area contributed by atoms with Gasteiger partial charge in [0.15, 0.2) is 6.29 Å². The number of hydrogen-bond donors (Lipinski definition) is 0. The van der Waals surface area contributed by atoms with E-state index in [-0.39, 0.29) is 6.29 Å². The molecule has 0 aliphatic carbocycles. The quantitative estimate of drug-likeness (QED) is 0.191. The Morgan fingerprint density at radius 2 is 2.06 bits per heavy atom. The topological polar surface area (TPSA) is 43.2 Å². The first-order chi connectivity index (χ1) is 15.7. The van der Waals surface area contributed by atoms with Crippen LogP contribution in [0.3, 0.4) is 0 Å². The van der Waals surface area contributed by atoms with Crippen LogP contribution in [0.4, 0.5) is 0 Å². The fourth-order valence-electron chi connectivity index (χ4n) is 3.64. The van der Waals surface area contributed by atoms with E-state index < -0.39 is 0 Å². The molecule has 32 heavy (non-hydrogen) atoms. The van der Waals surface area contributed by atoms with Crippen molar-refractivity contribution in [2.75, 3.05) is 20.3 Å². The van der Waals surface area contributed by atoms with Crippen LogP contribution in [0.5, 0.6) is 0 Å². The van der Waals surface area contributed by atoms with Gasteiger partial charge in [0.2, 0.25) is 0 Å². The van der Waals surface area contributed by atoms with Crippen molar-refractivity contribution in [1.29, 1.82) is 0 Å². The summed E-state index contributed by atoms with van der Waals surface area (Å²) in [5.41, 5.74) is 3.31. The number of ether oxygens (including phenoxy) is 2. The fourth-order valence-corrected chi connectivity index (χ4v) is 3.64. The van der Waals surface area contributed by atoms with Crippen LogP contribution in [-0.4, -0.2) is 38.5 Å². The maximum Gasteiger partial charge on any atom is 0.157 e. The average molecular weight is 437 g/mol. The smallest absolute Gasteiger partial charge is 0.157 e. The third-order valence-electron chi connectivity index (χ3n) is 5.32. The van der Waals surface area contributed by atoms with E-state index in [0.717, 1.165) is 68.7 Å². The predicted molar refractivity (Wildman–Crippen MR) is 137 cm³/mol. The van der Waals surface area contributed by atoms with Crippen LogP contribution < -0.4 is 0 Å². The van der Waals surface area contributed by atoms with E-state index >= 15 is 0 Å². The second-order valence-electron chi connectivity index (χ2n) is 8.11. The van der Waals surface area contributed by atoms with Gasteiger partial charge in [-0.1, -0.05) is 61.6 Å². The summed E-state index contributed by atoms with van der Waals surface area (Å²) in [6.45, 7) is 5.80. The van der Waals surface area contributed by atoms with Gasteiger partial charge in [-0.05, 0) is 69.4 Å². The lowest BCUT2D eigenvalue weighted by atomic mass is 10.0. The molecule has 4 nitrogen and oxygen atoms in total. The molecule has 1 heterocycles. The normalized spacial score (nSPS) is 19.4. The molecule has 0 amide bonds. The van der Waals surface area contributed by atoms with Gasteiger partial charge in [-0.15, -0.1) is 0 Å². The summed E-state index contributed by atoms with van der Waals surface area (Å²) in [5, 5.41) is 0. The summed E-state index contributed by atoms with van der Waals surface area (Å²) in [6, 6.07) is 10.3. The van der Waals surface area contributed by atoms with Crippen LogP contribution >= 0.6 is 0 Å². The summed E-state index contributed by atoms with van der Waals surface area (Å²) in [6.07, 6.45) is 20.1. The highest BCUT2D eigenvalue weighted by atomic mass is 16.7.